The van der Waals surface area contributed by atoms with E-state index in [1.807, 2.05) is 23.1 Å². The van der Waals surface area contributed by atoms with Crippen LogP contribution in [-0.4, -0.2) is 47.5 Å². The highest BCUT2D eigenvalue weighted by molar-refractivity contribution is 5.22. The molecule has 27 heavy (non-hydrogen) atoms. The van der Waals surface area contributed by atoms with Gasteiger partial charge in [-0.3, -0.25) is 14.3 Å². The largest absolute Gasteiger partial charge is 0.354 e. The first-order valence-corrected chi connectivity index (χ1v) is 9.44. The van der Waals surface area contributed by atoms with Crippen LogP contribution in [0.25, 0.3) is 0 Å². The number of nitrogens with zero attached hydrogens (tertiary/aromatic N) is 7. The molecule has 142 valence electrons. The maximum absolute atomic E-state index is 4.51. The van der Waals surface area contributed by atoms with Crippen LogP contribution < -0.4 is 5.32 Å². The minimum absolute atomic E-state index is 0.382. The van der Waals surface area contributed by atoms with Gasteiger partial charge >= 0.3 is 0 Å². The first kappa shape index (κ1) is 17.7. The summed E-state index contributed by atoms with van der Waals surface area (Å²) in [6, 6.07) is 4.32. The molecule has 0 fully saturated rings. The zero-order valence-electron chi connectivity index (χ0n) is 15.9. The summed E-state index contributed by atoms with van der Waals surface area (Å²) in [4.78, 5) is 11.0. The maximum Gasteiger partial charge on any atom is 0.222 e. The van der Waals surface area contributed by atoms with E-state index in [2.05, 4.69) is 61.2 Å². The van der Waals surface area contributed by atoms with Gasteiger partial charge in [0.2, 0.25) is 5.95 Å². The molecule has 1 aliphatic rings. The predicted molar refractivity (Wildman–Crippen MR) is 103 cm³/mol. The second-order valence-electron chi connectivity index (χ2n) is 7.42. The van der Waals surface area contributed by atoms with Crippen LogP contribution in [0.2, 0.25) is 0 Å². The van der Waals surface area contributed by atoms with Crippen LogP contribution in [0.3, 0.4) is 0 Å². The van der Waals surface area contributed by atoms with E-state index in [1.54, 1.807) is 12.4 Å². The van der Waals surface area contributed by atoms with Gasteiger partial charge in [0.25, 0.3) is 0 Å². The molecule has 1 aliphatic heterocycles. The van der Waals surface area contributed by atoms with Crippen LogP contribution in [0.5, 0.6) is 0 Å². The van der Waals surface area contributed by atoms with Gasteiger partial charge in [0.05, 0.1) is 11.9 Å². The van der Waals surface area contributed by atoms with Gasteiger partial charge in [-0.2, -0.15) is 10.2 Å². The Bertz CT molecular complexity index is 853. The highest BCUT2D eigenvalue weighted by atomic mass is 15.3. The minimum atomic E-state index is 0.382. The normalized spacial score (nSPS) is 17.7. The van der Waals surface area contributed by atoms with Crippen LogP contribution in [0.15, 0.2) is 43.1 Å². The molecule has 1 N–H and O–H groups in total. The standard InChI is InChI=1S/C19H26N8/c1-15(2)26-12-17(9-24-26)11-25-10-16(8-22-19-20-5-3-6-21-19)13-27-18(14-25)4-7-23-27/h3-7,9,12,15-16H,8,10-11,13-14H2,1-2H3,(H,20,21,22). The quantitative estimate of drug-likeness (QED) is 0.721. The number of fused-ring (bicyclic) bond motifs is 1. The molecule has 8 nitrogen and oxygen atoms in total. The summed E-state index contributed by atoms with van der Waals surface area (Å²) in [6.07, 6.45) is 9.53. The number of hydrogen-bond acceptors (Lipinski definition) is 6. The molecule has 4 heterocycles. The lowest BCUT2D eigenvalue weighted by atomic mass is 10.1. The lowest BCUT2D eigenvalue weighted by Crippen LogP contribution is -2.31. The third-order valence-electron chi connectivity index (χ3n) is 4.84. The number of aromatic nitrogens is 6. The summed E-state index contributed by atoms with van der Waals surface area (Å²) >= 11 is 0. The topological polar surface area (TPSA) is 76.7 Å². The Hall–Kier alpha value is -2.74. The van der Waals surface area contributed by atoms with Crippen LogP contribution in [0.1, 0.15) is 31.1 Å². The highest BCUT2D eigenvalue weighted by Crippen LogP contribution is 2.19. The molecule has 0 radical (unpaired) electrons. The summed E-state index contributed by atoms with van der Waals surface area (Å²) in [5.74, 6) is 1.09. The average Bonchev–Trinajstić information content (AvgIpc) is 3.27. The number of hydrogen-bond donors (Lipinski definition) is 1. The van der Waals surface area contributed by atoms with Crippen molar-refractivity contribution >= 4 is 5.95 Å². The molecule has 0 aromatic carbocycles. The summed E-state index contributed by atoms with van der Waals surface area (Å²) in [5, 5.41) is 12.3. The van der Waals surface area contributed by atoms with Crippen LogP contribution in [0, 0.1) is 5.92 Å². The Morgan fingerprint density at radius 3 is 2.78 bits per heavy atom. The van der Waals surface area contributed by atoms with E-state index in [-0.39, 0.29) is 0 Å². The average molecular weight is 366 g/mol. The van der Waals surface area contributed by atoms with Gasteiger partial charge < -0.3 is 5.32 Å². The Labute approximate surface area is 159 Å². The molecule has 0 aliphatic carbocycles. The number of rotatable bonds is 6. The van der Waals surface area contributed by atoms with Crippen molar-refractivity contribution in [1.82, 2.24) is 34.4 Å². The minimum Gasteiger partial charge on any atom is -0.354 e. The van der Waals surface area contributed by atoms with Gasteiger partial charge in [-0.1, -0.05) is 0 Å². The Morgan fingerprint density at radius 2 is 2.00 bits per heavy atom. The molecule has 0 saturated heterocycles. The van der Waals surface area contributed by atoms with Gasteiger partial charge in [0.15, 0.2) is 0 Å². The molecule has 8 heteroatoms. The molecule has 3 aromatic heterocycles. The van der Waals surface area contributed by atoms with Gasteiger partial charge in [-0.25, -0.2) is 9.97 Å². The number of nitrogens with one attached hydrogen (secondary N) is 1. The molecular formula is C19H26N8. The second-order valence-corrected chi connectivity index (χ2v) is 7.42. The lowest BCUT2D eigenvalue weighted by Gasteiger charge is -2.23. The molecule has 1 atom stereocenters. The van der Waals surface area contributed by atoms with Crippen molar-refractivity contribution < 1.29 is 0 Å². The third-order valence-corrected chi connectivity index (χ3v) is 4.84. The van der Waals surface area contributed by atoms with E-state index in [9.17, 15) is 0 Å². The van der Waals surface area contributed by atoms with Crippen molar-refractivity contribution in [3.8, 4) is 0 Å². The van der Waals surface area contributed by atoms with Crippen molar-refractivity contribution in [1.29, 1.82) is 0 Å². The fraction of sp³-hybridized carbons (Fsp3) is 0.474. The highest BCUT2D eigenvalue weighted by Gasteiger charge is 2.23. The molecule has 1 unspecified atom stereocenters. The van der Waals surface area contributed by atoms with Crippen molar-refractivity contribution in [3.05, 3.63) is 54.4 Å². The van der Waals surface area contributed by atoms with E-state index < -0.39 is 0 Å². The van der Waals surface area contributed by atoms with Gasteiger partial charge in [0, 0.05) is 75.0 Å². The third kappa shape index (κ3) is 4.33. The van der Waals surface area contributed by atoms with E-state index in [1.165, 1.54) is 11.3 Å². The van der Waals surface area contributed by atoms with Crippen LogP contribution in [0.4, 0.5) is 5.95 Å². The summed E-state index contributed by atoms with van der Waals surface area (Å²) < 4.78 is 4.14. The van der Waals surface area contributed by atoms with E-state index in [0.29, 0.717) is 17.9 Å². The summed E-state index contributed by atoms with van der Waals surface area (Å²) in [5.41, 5.74) is 2.50. The lowest BCUT2D eigenvalue weighted by molar-refractivity contribution is 0.225. The van der Waals surface area contributed by atoms with Crippen molar-refractivity contribution in [3.63, 3.8) is 0 Å². The molecule has 3 aromatic rings. The molecule has 0 amide bonds. The predicted octanol–water partition coefficient (Wildman–Crippen LogP) is 2.19. The fourth-order valence-electron chi connectivity index (χ4n) is 3.50. The van der Waals surface area contributed by atoms with E-state index in [4.69, 9.17) is 0 Å². The van der Waals surface area contributed by atoms with E-state index >= 15 is 0 Å². The molecule has 4 rings (SSSR count). The van der Waals surface area contributed by atoms with Crippen LogP contribution in [-0.2, 0) is 19.6 Å². The molecular weight excluding hydrogens is 340 g/mol. The van der Waals surface area contributed by atoms with Gasteiger partial charge in [-0.15, -0.1) is 0 Å². The maximum atomic E-state index is 4.51. The summed E-state index contributed by atoms with van der Waals surface area (Å²) in [7, 11) is 0. The SMILES string of the molecule is CC(C)n1cc(CN2Cc3ccnn3CC(CNc3ncccn3)C2)cn1. The van der Waals surface area contributed by atoms with Gasteiger partial charge in [0.1, 0.15) is 0 Å². The van der Waals surface area contributed by atoms with Gasteiger partial charge in [-0.05, 0) is 26.0 Å². The zero-order valence-corrected chi connectivity index (χ0v) is 15.9. The molecule has 0 bridgehead atoms. The Balaban J connectivity index is 1.46. The first-order valence-electron chi connectivity index (χ1n) is 9.44. The summed E-state index contributed by atoms with van der Waals surface area (Å²) in [6.45, 7) is 8.76. The monoisotopic (exact) mass is 366 g/mol. The smallest absolute Gasteiger partial charge is 0.222 e. The second kappa shape index (κ2) is 7.87. The van der Waals surface area contributed by atoms with Crippen molar-refractivity contribution in [2.45, 2.75) is 39.5 Å². The zero-order chi connectivity index (χ0) is 18.6. The Morgan fingerprint density at radius 1 is 1.15 bits per heavy atom. The van der Waals surface area contributed by atoms with Crippen molar-refractivity contribution in [2.24, 2.45) is 5.92 Å². The molecule has 0 spiro atoms. The number of anilines is 1. The van der Waals surface area contributed by atoms with Crippen LogP contribution >= 0.6 is 0 Å². The van der Waals surface area contributed by atoms with E-state index in [0.717, 1.165) is 32.7 Å². The first-order chi connectivity index (χ1) is 13.2. The Kier molecular flexibility index (Phi) is 5.15. The molecule has 0 saturated carbocycles. The fourth-order valence-corrected chi connectivity index (χ4v) is 3.50. The van der Waals surface area contributed by atoms with Crippen molar-refractivity contribution in [2.75, 3.05) is 18.4 Å².